The third kappa shape index (κ3) is 1.09. The molecule has 0 aliphatic heterocycles. The van der Waals surface area contributed by atoms with Crippen LogP contribution in [0.3, 0.4) is 0 Å². The molecule has 1 rings (SSSR count). The van der Waals surface area contributed by atoms with Crippen molar-refractivity contribution < 1.29 is 14.6 Å². The lowest BCUT2D eigenvalue weighted by Crippen LogP contribution is -2.23. The molecule has 54 valence electrons. The van der Waals surface area contributed by atoms with Crippen molar-refractivity contribution in [3.63, 3.8) is 0 Å². The second kappa shape index (κ2) is 2.66. The van der Waals surface area contributed by atoms with Crippen molar-refractivity contribution in [2.75, 3.05) is 7.11 Å². The molecule has 3 heteroatoms. The van der Waals surface area contributed by atoms with Crippen LogP contribution in [0.15, 0.2) is 24.0 Å². The van der Waals surface area contributed by atoms with Gasteiger partial charge >= 0.3 is 0 Å². The predicted octanol–water partition coefficient (Wildman–Crippen LogP) is 0.0165. The first-order chi connectivity index (χ1) is 4.75. The van der Waals surface area contributed by atoms with Gasteiger partial charge in [-0.3, -0.25) is 4.79 Å². The van der Waals surface area contributed by atoms with Gasteiger partial charge in [0.05, 0.1) is 7.11 Å². The van der Waals surface area contributed by atoms with E-state index in [1.807, 2.05) is 0 Å². The van der Waals surface area contributed by atoms with Crippen molar-refractivity contribution >= 4 is 5.78 Å². The number of carbonyl (C=O) groups excluding carboxylic acids is 1. The largest absolute Gasteiger partial charge is 0.498 e. The lowest BCUT2D eigenvalue weighted by atomic mass is 10.1. The van der Waals surface area contributed by atoms with Gasteiger partial charge in [0, 0.05) is 0 Å². The number of hydrogen-bond acceptors (Lipinski definition) is 3. The first kappa shape index (κ1) is 7.02. The van der Waals surface area contributed by atoms with E-state index >= 15 is 0 Å². The summed E-state index contributed by atoms with van der Waals surface area (Å²) < 4.78 is 4.71. The van der Waals surface area contributed by atoms with Gasteiger partial charge in [-0.25, -0.2) is 0 Å². The monoisotopic (exact) mass is 140 g/mol. The molecule has 10 heavy (non-hydrogen) atoms. The Morgan fingerprint density at radius 1 is 1.70 bits per heavy atom. The molecule has 0 amide bonds. The zero-order chi connectivity index (χ0) is 7.56. The molecular weight excluding hydrogens is 132 g/mol. The van der Waals surface area contributed by atoms with E-state index in [4.69, 9.17) is 9.84 Å². The number of methoxy groups -OCH3 is 1. The normalized spacial score (nSPS) is 24.4. The van der Waals surface area contributed by atoms with E-state index in [0.29, 0.717) is 5.76 Å². The quantitative estimate of drug-likeness (QED) is 0.558. The Balaban J connectivity index is 2.81. The SMILES string of the molecule is COC1=CC=CC(=O)C1O. The Morgan fingerprint density at radius 3 is 2.90 bits per heavy atom. The standard InChI is InChI=1S/C7H8O3/c1-10-6-4-2-3-5(8)7(6)9/h2-4,7,9H,1H3. The fraction of sp³-hybridized carbons (Fsp3) is 0.286. The van der Waals surface area contributed by atoms with Crippen LogP contribution in [0.1, 0.15) is 0 Å². The maximum Gasteiger partial charge on any atom is 0.191 e. The van der Waals surface area contributed by atoms with E-state index in [2.05, 4.69) is 0 Å². The van der Waals surface area contributed by atoms with E-state index in [1.165, 1.54) is 13.2 Å². The van der Waals surface area contributed by atoms with Crippen LogP contribution in [0.25, 0.3) is 0 Å². The van der Waals surface area contributed by atoms with Gasteiger partial charge in [0.2, 0.25) is 0 Å². The van der Waals surface area contributed by atoms with Gasteiger partial charge in [-0.05, 0) is 12.2 Å². The summed E-state index contributed by atoms with van der Waals surface area (Å²) in [4.78, 5) is 10.7. The average Bonchev–Trinajstić information content (AvgIpc) is 1.95. The topological polar surface area (TPSA) is 46.5 Å². The second-order valence-electron chi connectivity index (χ2n) is 1.94. The van der Waals surface area contributed by atoms with Gasteiger partial charge < -0.3 is 9.84 Å². The fourth-order valence-corrected chi connectivity index (χ4v) is 0.740. The zero-order valence-corrected chi connectivity index (χ0v) is 5.57. The number of carbonyl (C=O) groups is 1. The van der Waals surface area contributed by atoms with E-state index in [1.54, 1.807) is 12.2 Å². The number of ether oxygens (including phenoxy) is 1. The number of rotatable bonds is 1. The molecule has 1 aliphatic rings. The van der Waals surface area contributed by atoms with Gasteiger partial charge in [-0.2, -0.15) is 0 Å². The van der Waals surface area contributed by atoms with Crippen LogP contribution in [-0.4, -0.2) is 24.1 Å². The van der Waals surface area contributed by atoms with Crippen LogP contribution in [0.5, 0.6) is 0 Å². The molecule has 0 radical (unpaired) electrons. The molecule has 1 aliphatic carbocycles. The molecular formula is C7H8O3. The van der Waals surface area contributed by atoms with E-state index in [9.17, 15) is 4.79 Å². The van der Waals surface area contributed by atoms with Gasteiger partial charge in [0.25, 0.3) is 0 Å². The predicted molar refractivity (Wildman–Crippen MR) is 35.2 cm³/mol. The minimum absolute atomic E-state index is 0.299. The van der Waals surface area contributed by atoms with Crippen molar-refractivity contribution in [1.29, 1.82) is 0 Å². The van der Waals surface area contributed by atoms with Gasteiger partial charge in [0.1, 0.15) is 5.76 Å². The number of ketones is 1. The van der Waals surface area contributed by atoms with Crippen LogP contribution in [-0.2, 0) is 9.53 Å². The van der Waals surface area contributed by atoms with Crippen LogP contribution >= 0.6 is 0 Å². The molecule has 0 saturated carbocycles. The summed E-state index contributed by atoms with van der Waals surface area (Å²) in [7, 11) is 1.42. The van der Waals surface area contributed by atoms with Crippen molar-refractivity contribution in [2.45, 2.75) is 6.10 Å². The molecule has 0 aromatic carbocycles. The van der Waals surface area contributed by atoms with Crippen molar-refractivity contribution in [2.24, 2.45) is 0 Å². The average molecular weight is 140 g/mol. The maximum atomic E-state index is 10.7. The Labute approximate surface area is 58.6 Å². The summed E-state index contributed by atoms with van der Waals surface area (Å²) in [5, 5.41) is 9.04. The molecule has 0 saturated heterocycles. The Bertz CT molecular complexity index is 203. The minimum Gasteiger partial charge on any atom is -0.498 e. The van der Waals surface area contributed by atoms with E-state index in [-0.39, 0.29) is 5.78 Å². The molecule has 0 fully saturated rings. The van der Waals surface area contributed by atoms with Crippen molar-refractivity contribution in [3.05, 3.63) is 24.0 Å². The first-order valence-corrected chi connectivity index (χ1v) is 2.90. The van der Waals surface area contributed by atoms with E-state index in [0.717, 1.165) is 0 Å². The lowest BCUT2D eigenvalue weighted by molar-refractivity contribution is -0.122. The molecule has 3 nitrogen and oxygen atoms in total. The highest BCUT2D eigenvalue weighted by Crippen LogP contribution is 2.09. The van der Waals surface area contributed by atoms with Crippen molar-refractivity contribution in [3.8, 4) is 0 Å². The Kier molecular flexibility index (Phi) is 1.87. The molecule has 0 heterocycles. The Morgan fingerprint density at radius 2 is 2.40 bits per heavy atom. The summed E-state index contributed by atoms with van der Waals surface area (Å²) >= 11 is 0. The van der Waals surface area contributed by atoms with Crippen molar-refractivity contribution in [1.82, 2.24) is 0 Å². The lowest BCUT2D eigenvalue weighted by Gasteiger charge is -2.12. The van der Waals surface area contributed by atoms with Gasteiger partial charge in [-0.1, -0.05) is 6.08 Å². The summed E-state index contributed by atoms with van der Waals surface area (Å²) in [5.41, 5.74) is 0. The molecule has 1 unspecified atom stereocenters. The number of allylic oxidation sites excluding steroid dienone is 2. The summed E-state index contributed by atoms with van der Waals surface area (Å²) in [5.74, 6) is -0.0353. The molecule has 0 spiro atoms. The van der Waals surface area contributed by atoms with Crippen LogP contribution in [0.4, 0.5) is 0 Å². The summed E-state index contributed by atoms with van der Waals surface area (Å²) in [6.45, 7) is 0. The maximum absolute atomic E-state index is 10.7. The molecule has 0 aromatic heterocycles. The zero-order valence-electron chi connectivity index (χ0n) is 5.57. The van der Waals surface area contributed by atoms with Gasteiger partial charge in [-0.15, -0.1) is 0 Å². The summed E-state index contributed by atoms with van der Waals surface area (Å²) in [6.07, 6.45) is 3.32. The smallest absolute Gasteiger partial charge is 0.191 e. The molecule has 1 atom stereocenters. The highest BCUT2D eigenvalue weighted by atomic mass is 16.5. The number of aliphatic hydroxyl groups is 1. The summed E-state index contributed by atoms with van der Waals surface area (Å²) in [6, 6.07) is 0. The highest BCUT2D eigenvalue weighted by molar-refractivity contribution is 5.96. The third-order valence-corrected chi connectivity index (χ3v) is 1.30. The minimum atomic E-state index is -1.10. The Hall–Kier alpha value is -1.09. The first-order valence-electron chi connectivity index (χ1n) is 2.90. The van der Waals surface area contributed by atoms with Gasteiger partial charge in [0.15, 0.2) is 11.9 Å². The molecule has 1 N–H and O–H groups in total. The second-order valence-corrected chi connectivity index (χ2v) is 1.94. The van der Waals surface area contributed by atoms with Crippen LogP contribution in [0.2, 0.25) is 0 Å². The molecule has 0 aromatic rings. The highest BCUT2D eigenvalue weighted by Gasteiger charge is 2.19. The third-order valence-electron chi connectivity index (χ3n) is 1.30. The van der Waals surface area contributed by atoms with Crippen LogP contribution in [0, 0.1) is 0 Å². The van der Waals surface area contributed by atoms with E-state index < -0.39 is 6.10 Å². The fourth-order valence-electron chi connectivity index (χ4n) is 0.740. The van der Waals surface area contributed by atoms with Crippen LogP contribution < -0.4 is 0 Å². The number of hydrogen-bond donors (Lipinski definition) is 1. The molecule has 0 bridgehead atoms. The number of aliphatic hydroxyl groups excluding tert-OH is 1.